The number of carboxylic acid groups (broad SMARTS) is 1. The van der Waals surface area contributed by atoms with Crippen molar-refractivity contribution in [2.45, 2.75) is 26.2 Å². The lowest BCUT2D eigenvalue weighted by Gasteiger charge is -2.18. The molecule has 0 aliphatic heterocycles. The Morgan fingerprint density at radius 2 is 2.18 bits per heavy atom. The Morgan fingerprint density at radius 1 is 1.36 bits per heavy atom. The van der Waals surface area contributed by atoms with Crippen molar-refractivity contribution in [3.63, 3.8) is 0 Å². The van der Waals surface area contributed by atoms with E-state index < -0.39 is 5.97 Å². The van der Waals surface area contributed by atoms with E-state index in [2.05, 4.69) is 50.1 Å². The summed E-state index contributed by atoms with van der Waals surface area (Å²) in [6.45, 7) is 3.04. The van der Waals surface area contributed by atoms with Crippen molar-refractivity contribution in [2.75, 3.05) is 11.9 Å². The van der Waals surface area contributed by atoms with E-state index in [-0.39, 0.29) is 4.88 Å². The highest BCUT2D eigenvalue weighted by Gasteiger charge is 2.12. The SMILES string of the molecule is CCCCCN(I)C(=S)Nc1ccc2ncc(-c3csc(C(=O)O)c3)nc2n1. The van der Waals surface area contributed by atoms with Gasteiger partial charge in [-0.1, -0.05) is 19.8 Å². The zero-order chi connectivity index (χ0) is 20.1. The topological polar surface area (TPSA) is 91.2 Å². The Hall–Kier alpha value is -1.92. The monoisotopic (exact) mass is 527 g/mol. The van der Waals surface area contributed by atoms with Crippen molar-refractivity contribution in [3.8, 4) is 11.3 Å². The number of thiophene rings is 1. The maximum Gasteiger partial charge on any atom is 0.345 e. The molecule has 3 aromatic heterocycles. The second kappa shape index (κ2) is 9.52. The number of unbranched alkanes of at least 4 members (excludes halogenated alkanes) is 2. The Morgan fingerprint density at radius 3 is 2.89 bits per heavy atom. The number of thiocarbonyl (C=S) groups is 1. The van der Waals surface area contributed by atoms with E-state index in [0.717, 1.165) is 30.7 Å². The minimum atomic E-state index is -0.953. The van der Waals surface area contributed by atoms with E-state index in [1.165, 1.54) is 6.42 Å². The third-order valence-corrected chi connectivity index (χ3v) is 6.46. The summed E-state index contributed by atoms with van der Waals surface area (Å²) in [5.41, 5.74) is 2.42. The number of aromatic nitrogens is 3. The Labute approximate surface area is 185 Å². The standard InChI is InChI=1S/C18H18IN5O2S2/c1-2-3-4-7-24(19)18(27)23-15-6-5-12-16(22-15)21-13(9-20-12)11-8-14(17(25)26)28-10-11/h5-6,8-10H,2-4,7H2,1H3,(H,25,26)(H,21,22,23,27). The zero-order valence-corrected chi connectivity index (χ0v) is 18.8. The highest BCUT2D eigenvalue weighted by molar-refractivity contribution is 14.1. The predicted molar refractivity (Wildman–Crippen MR) is 124 cm³/mol. The van der Waals surface area contributed by atoms with Gasteiger partial charge >= 0.3 is 5.97 Å². The molecule has 28 heavy (non-hydrogen) atoms. The van der Waals surface area contributed by atoms with Crippen LogP contribution in [0.3, 0.4) is 0 Å². The molecular formula is C18H18IN5O2S2. The number of fused-ring (bicyclic) bond motifs is 1. The molecule has 0 aromatic carbocycles. The van der Waals surface area contributed by atoms with Crippen LogP contribution in [-0.2, 0) is 0 Å². The molecule has 3 heterocycles. The number of carbonyl (C=O) groups is 1. The molecule has 0 bridgehead atoms. The lowest BCUT2D eigenvalue weighted by atomic mass is 10.2. The molecule has 0 saturated carbocycles. The molecule has 0 aliphatic carbocycles. The summed E-state index contributed by atoms with van der Waals surface area (Å²) in [5.74, 6) is -0.358. The molecule has 3 rings (SSSR count). The van der Waals surface area contributed by atoms with Crippen LogP contribution < -0.4 is 5.32 Å². The van der Waals surface area contributed by atoms with Crippen LogP contribution in [0.4, 0.5) is 5.82 Å². The molecule has 0 amide bonds. The van der Waals surface area contributed by atoms with Crippen molar-refractivity contribution in [1.82, 2.24) is 18.1 Å². The highest BCUT2D eigenvalue weighted by atomic mass is 127. The summed E-state index contributed by atoms with van der Waals surface area (Å²) in [7, 11) is 0. The highest BCUT2D eigenvalue weighted by Crippen LogP contribution is 2.25. The van der Waals surface area contributed by atoms with Crippen LogP contribution in [0.25, 0.3) is 22.4 Å². The zero-order valence-electron chi connectivity index (χ0n) is 15.1. The van der Waals surface area contributed by atoms with Crippen molar-refractivity contribution < 1.29 is 9.90 Å². The summed E-state index contributed by atoms with van der Waals surface area (Å²) in [6.07, 6.45) is 5.03. The lowest BCUT2D eigenvalue weighted by Crippen LogP contribution is -2.27. The van der Waals surface area contributed by atoms with E-state index in [4.69, 9.17) is 17.3 Å². The molecule has 146 valence electrons. The fraction of sp³-hybridized carbons (Fsp3) is 0.278. The fourth-order valence-electron chi connectivity index (χ4n) is 2.46. The van der Waals surface area contributed by atoms with Gasteiger partial charge in [0.25, 0.3) is 0 Å². The molecule has 7 nitrogen and oxygen atoms in total. The predicted octanol–water partition coefficient (Wildman–Crippen LogP) is 4.99. The van der Waals surface area contributed by atoms with Crippen molar-refractivity contribution in [3.05, 3.63) is 34.7 Å². The average Bonchev–Trinajstić information content (AvgIpc) is 3.18. The lowest BCUT2D eigenvalue weighted by molar-refractivity contribution is 0.0702. The van der Waals surface area contributed by atoms with Crippen LogP contribution >= 0.6 is 46.4 Å². The molecular weight excluding hydrogens is 509 g/mol. The number of hydrogen-bond donors (Lipinski definition) is 2. The average molecular weight is 527 g/mol. The first-order chi connectivity index (χ1) is 13.5. The Kier molecular flexibility index (Phi) is 7.08. The molecule has 3 aromatic rings. The first kappa shape index (κ1) is 20.8. The van der Waals surface area contributed by atoms with E-state index in [1.807, 2.05) is 15.2 Å². The third kappa shape index (κ3) is 5.11. The maximum absolute atomic E-state index is 11.1. The molecule has 0 aliphatic rings. The van der Waals surface area contributed by atoms with E-state index in [0.29, 0.717) is 33.4 Å². The number of hydrogen-bond acceptors (Lipinski definition) is 6. The molecule has 10 heteroatoms. The van der Waals surface area contributed by atoms with Crippen LogP contribution in [0.2, 0.25) is 0 Å². The molecule has 0 radical (unpaired) electrons. The van der Waals surface area contributed by atoms with Gasteiger partial charge in [-0.25, -0.2) is 14.8 Å². The first-order valence-electron chi connectivity index (χ1n) is 8.68. The normalized spacial score (nSPS) is 10.8. The summed E-state index contributed by atoms with van der Waals surface area (Å²) in [5, 5.41) is 14.6. The van der Waals surface area contributed by atoms with Crippen molar-refractivity contribution in [1.29, 1.82) is 0 Å². The van der Waals surface area contributed by atoms with Gasteiger partial charge in [0.2, 0.25) is 0 Å². The molecule has 0 saturated heterocycles. The summed E-state index contributed by atoms with van der Waals surface area (Å²) in [6, 6.07) is 5.23. The first-order valence-corrected chi connectivity index (χ1v) is 10.9. The quantitative estimate of drug-likeness (QED) is 0.192. The van der Waals surface area contributed by atoms with E-state index >= 15 is 0 Å². The van der Waals surface area contributed by atoms with Crippen LogP contribution in [0, 0.1) is 0 Å². The number of carboxylic acids is 1. The van der Waals surface area contributed by atoms with Crippen LogP contribution in [-0.4, -0.2) is 40.8 Å². The van der Waals surface area contributed by atoms with Gasteiger partial charge in [0.15, 0.2) is 10.8 Å². The number of aromatic carboxylic acids is 1. The van der Waals surface area contributed by atoms with E-state index in [1.54, 1.807) is 17.6 Å². The summed E-state index contributed by atoms with van der Waals surface area (Å²) >= 11 is 8.79. The molecule has 0 fully saturated rings. The van der Waals surface area contributed by atoms with E-state index in [9.17, 15) is 4.79 Å². The maximum atomic E-state index is 11.1. The number of rotatable bonds is 7. The van der Waals surface area contributed by atoms with Crippen LogP contribution in [0.1, 0.15) is 35.9 Å². The van der Waals surface area contributed by atoms with Gasteiger partial charge in [-0.15, -0.1) is 11.3 Å². The second-order valence-corrected chi connectivity index (χ2v) is 8.48. The molecule has 2 N–H and O–H groups in total. The smallest absolute Gasteiger partial charge is 0.345 e. The number of pyridine rings is 1. The number of halogens is 1. The Bertz CT molecular complexity index is 1010. The van der Waals surface area contributed by atoms with Crippen LogP contribution in [0.5, 0.6) is 0 Å². The molecule has 0 unspecified atom stereocenters. The summed E-state index contributed by atoms with van der Waals surface area (Å²) < 4.78 is 1.97. The van der Waals surface area contributed by atoms with Gasteiger partial charge in [0, 0.05) is 17.5 Å². The van der Waals surface area contributed by atoms with Crippen molar-refractivity contribution >= 4 is 74.5 Å². The fourth-order valence-corrected chi connectivity index (χ4v) is 3.86. The Balaban J connectivity index is 1.78. The number of anilines is 1. The van der Waals surface area contributed by atoms with Gasteiger partial charge in [0.05, 0.1) is 34.8 Å². The minimum absolute atomic E-state index is 0.260. The third-order valence-electron chi connectivity index (χ3n) is 3.93. The van der Waals surface area contributed by atoms with Gasteiger partial charge in [-0.2, -0.15) is 0 Å². The van der Waals surface area contributed by atoms with Crippen molar-refractivity contribution in [2.24, 2.45) is 0 Å². The molecule has 0 spiro atoms. The van der Waals surface area contributed by atoms with Gasteiger partial charge in [0.1, 0.15) is 16.2 Å². The minimum Gasteiger partial charge on any atom is -0.477 e. The number of nitrogens with one attached hydrogen (secondary N) is 1. The van der Waals surface area contributed by atoms with Gasteiger partial charge in [-0.05, 0) is 36.8 Å². The largest absolute Gasteiger partial charge is 0.477 e. The van der Waals surface area contributed by atoms with Gasteiger partial charge in [-0.3, -0.25) is 8.10 Å². The number of nitrogens with zero attached hydrogens (tertiary/aromatic N) is 4. The van der Waals surface area contributed by atoms with Crippen LogP contribution in [0.15, 0.2) is 29.8 Å². The molecule has 0 atom stereocenters. The second-order valence-electron chi connectivity index (χ2n) is 6.02. The van der Waals surface area contributed by atoms with Gasteiger partial charge < -0.3 is 10.4 Å². The summed E-state index contributed by atoms with van der Waals surface area (Å²) in [4.78, 5) is 24.8.